The van der Waals surface area contributed by atoms with Crippen LogP contribution in [0, 0.1) is 0 Å². The zero-order valence-corrected chi connectivity index (χ0v) is 10.2. The Bertz CT molecular complexity index is 140. The average Bonchev–Trinajstić information content (AvgIpc) is 1.39. The van der Waals surface area contributed by atoms with Crippen molar-refractivity contribution in [2.45, 2.75) is 0 Å². The van der Waals surface area contributed by atoms with E-state index in [-0.39, 0.29) is 0 Å². The third-order valence-electron chi connectivity index (χ3n) is 0. The van der Waals surface area contributed by atoms with Crippen LogP contribution in [0.5, 0.6) is 0 Å². The van der Waals surface area contributed by atoms with Crippen molar-refractivity contribution < 1.29 is 49.6 Å². The van der Waals surface area contributed by atoms with Gasteiger partial charge in [0.1, 0.15) is 0 Å². The second kappa shape index (κ2) is 16.1. The summed E-state index contributed by atoms with van der Waals surface area (Å²) in [5.41, 5.74) is 0. The molecule has 2 nitrogen and oxygen atoms in total. The van der Waals surface area contributed by atoms with Gasteiger partial charge in [-0.25, -0.2) is 0 Å². The van der Waals surface area contributed by atoms with E-state index in [1.54, 1.807) is 0 Å². The fraction of sp³-hybridized carbons (Fsp3) is 0. The molecule has 0 fully saturated rings. The summed E-state index contributed by atoms with van der Waals surface area (Å²) in [7, 11) is 0. The molecule has 6 heavy (non-hydrogen) atoms. The van der Waals surface area contributed by atoms with Crippen LogP contribution in [0.1, 0.15) is 0 Å². The van der Waals surface area contributed by atoms with E-state index in [9.17, 15) is 0 Å². The molecule has 0 amide bonds. The Morgan fingerprint density at radius 1 is 1.17 bits per heavy atom. The summed E-state index contributed by atoms with van der Waals surface area (Å²) in [6, 6.07) is 0. The van der Waals surface area contributed by atoms with Crippen molar-refractivity contribution in [1.29, 1.82) is 0 Å². The van der Waals surface area contributed by atoms with Gasteiger partial charge in [0.05, 0.1) is 0 Å². The molecule has 0 spiro atoms. The molecular weight excluding hydrogens is 411 g/mol. The van der Waals surface area contributed by atoms with Crippen molar-refractivity contribution in [2.24, 2.45) is 0 Å². The molecular formula is B2Hf2O2. The van der Waals surface area contributed by atoms with Gasteiger partial charge < -0.3 is 0 Å². The Labute approximate surface area is 58.5 Å². The van der Waals surface area contributed by atoms with Crippen LogP contribution in [0.2, 0.25) is 0 Å². The SMILES string of the molecule is [B]#[Hf]#[B].[O]=[Hf]=[O]. The van der Waals surface area contributed by atoms with Crippen LogP contribution in [0.25, 0.3) is 0 Å². The molecule has 0 radical (unpaired) electrons. The van der Waals surface area contributed by atoms with Crippen molar-refractivity contribution in [2.75, 3.05) is 0 Å². The summed E-state index contributed by atoms with van der Waals surface area (Å²) in [4.78, 5) is 0. The van der Waals surface area contributed by atoms with E-state index in [2.05, 4.69) is 0 Å². The number of rotatable bonds is 0. The summed E-state index contributed by atoms with van der Waals surface area (Å²) in [5, 5.41) is 0. The second-order valence-corrected chi connectivity index (χ2v) is 2.05. The normalized spacial score (nSPS) is 5.33. The van der Waals surface area contributed by atoms with Crippen LogP contribution in [0.4, 0.5) is 0 Å². The first kappa shape index (κ1) is 10.5. The maximum atomic E-state index is 8.57. The van der Waals surface area contributed by atoms with Crippen LogP contribution in [-0.2, 0) is 49.6 Å². The van der Waals surface area contributed by atoms with Gasteiger partial charge in [-0.05, 0) is 0 Å². The summed E-state index contributed by atoms with van der Waals surface area (Å²) in [5.74, 6) is 0. The third kappa shape index (κ3) is 50.6. The van der Waals surface area contributed by atoms with Crippen molar-refractivity contribution >= 4 is 9.56 Å². The molecule has 0 aromatic rings. The third-order valence-corrected chi connectivity index (χ3v) is 0. The second-order valence-electron chi connectivity index (χ2n) is 0.250. The van der Waals surface area contributed by atoms with Gasteiger partial charge in [0.25, 0.3) is 0 Å². The molecule has 0 aliphatic carbocycles. The van der Waals surface area contributed by atoms with Gasteiger partial charge in [-0.2, -0.15) is 0 Å². The predicted molar refractivity (Wildman–Crippen MR) is 12.9 cm³/mol. The van der Waals surface area contributed by atoms with Crippen LogP contribution in [0.3, 0.4) is 0 Å². The molecule has 26 valence electrons. The van der Waals surface area contributed by atoms with E-state index >= 15 is 0 Å². The fourth-order valence-corrected chi connectivity index (χ4v) is 0. The van der Waals surface area contributed by atoms with Gasteiger partial charge >= 0.3 is 59.2 Å². The van der Waals surface area contributed by atoms with Crippen molar-refractivity contribution in [3.05, 3.63) is 0 Å². The van der Waals surface area contributed by atoms with Crippen LogP contribution in [0.15, 0.2) is 0 Å². The van der Waals surface area contributed by atoms with E-state index in [0.717, 1.165) is 0 Å². The van der Waals surface area contributed by atoms with E-state index < -0.39 is 43.9 Å². The Balaban J connectivity index is 0. The Morgan fingerprint density at radius 3 is 1.17 bits per heavy atom. The van der Waals surface area contributed by atoms with E-state index in [1.807, 2.05) is 0 Å². The quantitative estimate of drug-likeness (QED) is 0.480. The number of hydrogen-bond donors (Lipinski definition) is 0. The van der Waals surface area contributed by atoms with Gasteiger partial charge in [0, 0.05) is 0 Å². The molecule has 0 heterocycles. The Kier molecular flexibility index (Phi) is 28.0. The van der Waals surface area contributed by atoms with Gasteiger partial charge in [-0.1, -0.05) is 0 Å². The van der Waals surface area contributed by atoms with Crippen molar-refractivity contribution in [3.63, 3.8) is 0 Å². The molecule has 6 heteroatoms. The standard InChI is InChI=1S/2B.2Hf.2O. The summed E-state index contributed by atoms with van der Waals surface area (Å²) in [6.07, 6.45) is 0. The molecule has 0 unspecified atom stereocenters. The zero-order valence-electron chi connectivity index (χ0n) is 2.97. The molecule has 0 saturated carbocycles. The molecule has 0 aromatic heterocycles. The van der Waals surface area contributed by atoms with Crippen LogP contribution in [-0.4, -0.2) is 9.56 Å². The van der Waals surface area contributed by atoms with Crippen molar-refractivity contribution in [3.8, 4) is 0 Å². The summed E-state index contributed by atoms with van der Waals surface area (Å²) < 4.78 is 26.8. The van der Waals surface area contributed by atoms with Gasteiger partial charge in [-0.3, -0.25) is 0 Å². The molecule has 0 aromatic carbocycles. The van der Waals surface area contributed by atoms with Crippen molar-refractivity contribution in [1.82, 2.24) is 0 Å². The minimum absolute atomic E-state index is 0.917. The molecule has 0 bridgehead atoms. The van der Waals surface area contributed by atoms with Crippen LogP contribution < -0.4 is 0 Å². The first-order valence-electron chi connectivity index (χ1n) is 0.986. The Hall–Kier alpha value is 1.47. The van der Waals surface area contributed by atoms with Gasteiger partial charge in [0.15, 0.2) is 0 Å². The Morgan fingerprint density at radius 2 is 1.17 bits per heavy atom. The fourth-order valence-electron chi connectivity index (χ4n) is 0. The molecule has 0 saturated heterocycles. The number of hydrogen-bond acceptors (Lipinski definition) is 2. The maximum absolute atomic E-state index is 8.57. The molecule has 0 aliphatic heterocycles. The van der Waals surface area contributed by atoms with Gasteiger partial charge in [0.2, 0.25) is 0 Å². The molecule has 0 N–H and O–H groups in total. The van der Waals surface area contributed by atoms with E-state index in [4.69, 9.17) is 15.3 Å². The predicted octanol–water partition coefficient (Wildman–Crippen LogP) is -1.00. The minimum atomic E-state index is -2.42. The first-order chi connectivity index (χ1) is 2.83. The zero-order chi connectivity index (χ0) is 5.41. The van der Waals surface area contributed by atoms with Crippen LogP contribution >= 0.6 is 0 Å². The summed E-state index contributed by atoms with van der Waals surface area (Å²) in [6.45, 7) is 0. The van der Waals surface area contributed by atoms with E-state index in [1.165, 1.54) is 0 Å². The monoisotopic (exact) mass is 414 g/mol. The molecule has 0 aliphatic rings. The van der Waals surface area contributed by atoms with Gasteiger partial charge in [-0.15, -0.1) is 0 Å². The molecule has 0 rings (SSSR count). The van der Waals surface area contributed by atoms with E-state index in [0.29, 0.717) is 0 Å². The average molecular weight is 411 g/mol. The first-order valence-corrected chi connectivity index (χ1v) is 8.07. The summed E-state index contributed by atoms with van der Waals surface area (Å²) >= 11 is -3.33. The topological polar surface area (TPSA) is 34.1 Å². The molecule has 0 atom stereocenters.